The van der Waals surface area contributed by atoms with Gasteiger partial charge in [-0.15, -0.1) is 6.42 Å². The van der Waals surface area contributed by atoms with E-state index in [4.69, 9.17) is 22.8 Å². The van der Waals surface area contributed by atoms with Gasteiger partial charge in [0.05, 0.1) is 16.3 Å². The van der Waals surface area contributed by atoms with Crippen LogP contribution < -0.4 is 15.4 Å². The maximum Gasteiger partial charge on any atom is 0.257 e. The van der Waals surface area contributed by atoms with Crippen LogP contribution in [0.5, 0.6) is 5.75 Å². The number of amides is 2. The Morgan fingerprint density at radius 2 is 1.56 bits per heavy atom. The van der Waals surface area contributed by atoms with Gasteiger partial charge in [0.25, 0.3) is 11.8 Å². The number of hydrogen-bond donors (Lipinski definition) is 2. The molecule has 5 aromatic rings. The minimum Gasteiger partial charge on any atom is -0.481 e. The van der Waals surface area contributed by atoms with Crippen LogP contribution in [0.2, 0.25) is 5.02 Å². The zero-order valence-electron chi connectivity index (χ0n) is 23.0. The Hall–Kier alpha value is -5.65. The summed E-state index contributed by atoms with van der Waals surface area (Å²) >= 11 is 6.12. The Labute approximate surface area is 253 Å². The van der Waals surface area contributed by atoms with E-state index in [1.165, 1.54) is 0 Å². The van der Waals surface area contributed by atoms with E-state index in [1.807, 2.05) is 12.1 Å². The lowest BCUT2D eigenvalue weighted by molar-refractivity contribution is 0.101. The van der Waals surface area contributed by atoms with E-state index >= 15 is 0 Å². The van der Waals surface area contributed by atoms with Crippen molar-refractivity contribution in [2.24, 2.45) is 7.05 Å². The quantitative estimate of drug-likeness (QED) is 0.151. The molecule has 0 atom stereocenters. The molecule has 5 rings (SSSR count). The molecule has 4 aromatic carbocycles. The van der Waals surface area contributed by atoms with Crippen LogP contribution in [0, 0.1) is 12.3 Å². The standard InChI is InChI=1S/C34H25ClN4O4/c1-3-19-43-27-17-13-23(14-18-27)32(40)24-7-6-8-25(20-24)33(41)37-31-21-30(38-39(31)2)22-11-15-26(16-12-22)36-34(42)28-9-4-5-10-29(28)35/h1,4-18,20-21H,19H2,2H3,(H,36,42)(H,37,41). The summed E-state index contributed by atoms with van der Waals surface area (Å²) in [5, 5.41) is 10.6. The third-order valence-corrected chi connectivity index (χ3v) is 6.83. The van der Waals surface area contributed by atoms with Crippen LogP contribution in [0.4, 0.5) is 11.5 Å². The van der Waals surface area contributed by atoms with Gasteiger partial charge in [-0.2, -0.15) is 5.10 Å². The first-order chi connectivity index (χ1) is 20.8. The summed E-state index contributed by atoms with van der Waals surface area (Å²) in [6, 6.07) is 28.9. The first-order valence-electron chi connectivity index (χ1n) is 13.1. The molecule has 0 spiro atoms. The lowest BCUT2D eigenvalue weighted by atomic mass is 10.0. The van der Waals surface area contributed by atoms with Crippen molar-refractivity contribution >= 4 is 40.7 Å². The summed E-state index contributed by atoms with van der Waals surface area (Å²) in [5.41, 5.74) is 3.54. The van der Waals surface area contributed by atoms with E-state index in [0.717, 1.165) is 5.56 Å². The number of ether oxygens (including phenoxy) is 1. The summed E-state index contributed by atoms with van der Waals surface area (Å²) in [4.78, 5) is 38.7. The molecule has 43 heavy (non-hydrogen) atoms. The van der Waals surface area contributed by atoms with Crippen LogP contribution in [0.1, 0.15) is 36.6 Å². The Bertz CT molecular complexity index is 1860. The van der Waals surface area contributed by atoms with Gasteiger partial charge in [-0.1, -0.05) is 53.9 Å². The molecular weight excluding hydrogens is 564 g/mol. The van der Waals surface area contributed by atoms with Crippen molar-refractivity contribution in [3.63, 3.8) is 0 Å². The highest BCUT2D eigenvalue weighted by Gasteiger charge is 2.16. The number of nitrogens with zero attached hydrogens (tertiary/aromatic N) is 2. The first kappa shape index (κ1) is 28.9. The normalized spacial score (nSPS) is 10.4. The van der Waals surface area contributed by atoms with E-state index in [-0.39, 0.29) is 24.2 Å². The Morgan fingerprint density at radius 1 is 0.837 bits per heavy atom. The third kappa shape index (κ3) is 6.81. The van der Waals surface area contributed by atoms with Crippen LogP contribution in [-0.4, -0.2) is 34.0 Å². The van der Waals surface area contributed by atoms with Gasteiger partial charge >= 0.3 is 0 Å². The van der Waals surface area contributed by atoms with Crippen LogP contribution in [0.3, 0.4) is 0 Å². The number of rotatable bonds is 9. The molecule has 0 aliphatic heterocycles. The van der Waals surface area contributed by atoms with Crippen LogP contribution in [0.25, 0.3) is 11.3 Å². The number of hydrogen-bond acceptors (Lipinski definition) is 5. The van der Waals surface area contributed by atoms with Crippen molar-refractivity contribution in [1.29, 1.82) is 0 Å². The van der Waals surface area contributed by atoms with Crippen molar-refractivity contribution in [2.75, 3.05) is 17.2 Å². The fraction of sp³-hybridized carbons (Fsp3) is 0.0588. The second kappa shape index (κ2) is 12.9. The predicted octanol–water partition coefficient (Wildman–Crippen LogP) is 6.49. The lowest BCUT2D eigenvalue weighted by Gasteiger charge is -2.08. The number of benzene rings is 4. The van der Waals surface area contributed by atoms with Gasteiger partial charge in [-0.25, -0.2) is 0 Å². The zero-order chi connectivity index (χ0) is 30.3. The van der Waals surface area contributed by atoms with Crippen LogP contribution in [-0.2, 0) is 7.05 Å². The van der Waals surface area contributed by atoms with E-state index in [0.29, 0.717) is 50.2 Å². The molecule has 2 amide bonds. The minimum absolute atomic E-state index is 0.139. The summed E-state index contributed by atoms with van der Waals surface area (Å²) in [6.07, 6.45) is 5.21. The molecule has 2 N–H and O–H groups in total. The molecule has 0 radical (unpaired) electrons. The monoisotopic (exact) mass is 588 g/mol. The molecule has 9 heteroatoms. The number of ketones is 1. The van der Waals surface area contributed by atoms with Crippen LogP contribution in [0.15, 0.2) is 103 Å². The fourth-order valence-electron chi connectivity index (χ4n) is 4.28. The molecule has 1 heterocycles. The van der Waals surface area contributed by atoms with Crippen LogP contribution >= 0.6 is 11.6 Å². The molecular formula is C34H25ClN4O4. The molecule has 0 fully saturated rings. The number of aryl methyl sites for hydroxylation is 1. The summed E-state index contributed by atoms with van der Waals surface area (Å²) < 4.78 is 6.91. The van der Waals surface area contributed by atoms with Gasteiger partial charge in [0.15, 0.2) is 5.78 Å². The topological polar surface area (TPSA) is 102 Å². The molecule has 212 valence electrons. The molecule has 0 unspecified atom stereocenters. The van der Waals surface area contributed by atoms with E-state index in [9.17, 15) is 14.4 Å². The van der Waals surface area contributed by atoms with Crippen molar-refractivity contribution < 1.29 is 19.1 Å². The van der Waals surface area contributed by atoms with Crippen molar-refractivity contribution in [3.05, 3.63) is 130 Å². The summed E-state index contributed by atoms with van der Waals surface area (Å²) in [5.74, 6) is 2.50. The number of terminal acetylenes is 1. The molecule has 0 aliphatic rings. The Morgan fingerprint density at radius 3 is 2.28 bits per heavy atom. The SMILES string of the molecule is C#CCOc1ccc(C(=O)c2cccc(C(=O)Nc3cc(-c4ccc(NC(=O)c5ccccc5Cl)cc4)nn3C)c2)cc1. The molecule has 1 aromatic heterocycles. The van der Waals surface area contributed by atoms with Crippen molar-refractivity contribution in [3.8, 4) is 29.4 Å². The van der Waals surface area contributed by atoms with Gasteiger partial charge in [0.1, 0.15) is 18.2 Å². The molecule has 0 aliphatic carbocycles. The molecule has 0 saturated heterocycles. The number of halogens is 1. The first-order valence-corrected chi connectivity index (χ1v) is 13.5. The van der Waals surface area contributed by atoms with Gasteiger partial charge in [0.2, 0.25) is 0 Å². The largest absolute Gasteiger partial charge is 0.481 e. The fourth-order valence-corrected chi connectivity index (χ4v) is 4.50. The average molecular weight is 589 g/mol. The van der Waals surface area contributed by atoms with E-state index in [2.05, 4.69) is 21.7 Å². The number of anilines is 2. The Kier molecular flexibility index (Phi) is 8.66. The summed E-state index contributed by atoms with van der Waals surface area (Å²) in [7, 11) is 1.72. The van der Waals surface area contributed by atoms with Gasteiger partial charge in [-0.05, 0) is 60.7 Å². The van der Waals surface area contributed by atoms with E-state index < -0.39 is 0 Å². The average Bonchev–Trinajstić information content (AvgIpc) is 3.40. The number of aromatic nitrogens is 2. The number of carbonyl (C=O) groups excluding carboxylic acids is 3. The second-order valence-corrected chi connectivity index (χ2v) is 9.84. The highest BCUT2D eigenvalue weighted by atomic mass is 35.5. The van der Waals surface area contributed by atoms with Gasteiger partial charge < -0.3 is 15.4 Å². The highest BCUT2D eigenvalue weighted by Crippen LogP contribution is 2.25. The smallest absolute Gasteiger partial charge is 0.257 e. The van der Waals surface area contributed by atoms with Crippen molar-refractivity contribution in [1.82, 2.24) is 9.78 Å². The molecule has 0 saturated carbocycles. The van der Waals surface area contributed by atoms with Gasteiger partial charge in [-0.3, -0.25) is 19.1 Å². The molecule has 0 bridgehead atoms. The highest BCUT2D eigenvalue weighted by molar-refractivity contribution is 6.34. The summed E-state index contributed by atoms with van der Waals surface area (Å²) in [6.45, 7) is 0.139. The Balaban J connectivity index is 1.25. The predicted molar refractivity (Wildman–Crippen MR) is 167 cm³/mol. The number of nitrogens with one attached hydrogen (secondary N) is 2. The second-order valence-electron chi connectivity index (χ2n) is 9.43. The lowest BCUT2D eigenvalue weighted by Crippen LogP contribution is -2.15. The van der Waals surface area contributed by atoms with Crippen molar-refractivity contribution in [2.45, 2.75) is 0 Å². The van der Waals surface area contributed by atoms with E-state index in [1.54, 1.807) is 103 Å². The maximum atomic E-state index is 13.1. The third-order valence-electron chi connectivity index (χ3n) is 6.50. The molecule has 8 nitrogen and oxygen atoms in total. The zero-order valence-corrected chi connectivity index (χ0v) is 23.8. The number of carbonyl (C=O) groups is 3. The maximum absolute atomic E-state index is 13.1. The minimum atomic E-state index is -0.389. The van der Waals surface area contributed by atoms with Gasteiger partial charge in [0, 0.05) is 41.1 Å².